The summed E-state index contributed by atoms with van der Waals surface area (Å²) in [5, 5.41) is 17.3. The number of hydrogen-bond acceptors (Lipinski definition) is 3. The van der Waals surface area contributed by atoms with E-state index in [2.05, 4.69) is 31.2 Å². The molecule has 23 heavy (non-hydrogen) atoms. The van der Waals surface area contributed by atoms with Crippen molar-refractivity contribution in [1.29, 1.82) is 0 Å². The third-order valence-corrected chi connectivity index (χ3v) is 4.40. The van der Waals surface area contributed by atoms with Gasteiger partial charge in [0.2, 0.25) is 0 Å². The molecule has 0 amide bonds. The summed E-state index contributed by atoms with van der Waals surface area (Å²) < 4.78 is 1.93. The molecule has 0 radical (unpaired) electrons. The largest absolute Gasteiger partial charge is 0.481 e. The number of carboxylic acids is 1. The highest BCUT2D eigenvalue weighted by molar-refractivity contribution is 5.73. The summed E-state index contributed by atoms with van der Waals surface area (Å²) in [6.07, 6.45) is 4.45. The van der Waals surface area contributed by atoms with E-state index in [4.69, 9.17) is 0 Å². The monoisotopic (exact) mass is 313 g/mol. The molecule has 0 unspecified atom stereocenters. The van der Waals surface area contributed by atoms with Gasteiger partial charge < -0.3 is 10.4 Å². The third-order valence-electron chi connectivity index (χ3n) is 4.40. The molecule has 1 heterocycles. The number of hydrogen-bond donors (Lipinski definition) is 2. The van der Waals surface area contributed by atoms with Crippen molar-refractivity contribution in [2.45, 2.75) is 45.3 Å². The first-order valence-corrected chi connectivity index (χ1v) is 7.94. The lowest BCUT2D eigenvalue weighted by Crippen LogP contribution is -2.29. The zero-order chi connectivity index (χ0) is 16.6. The number of nitrogens with zero attached hydrogens (tertiary/aromatic N) is 2. The standard InChI is InChI=1S/C18H23N3O2/c1-18(2,3)21-11-12(10-20-21)9-19-16-14-7-5-4-6-13(14)8-15(16)17(22)23/h4-7,10-11,15-16,19H,8-9H2,1-3H3,(H,22,23)/t15-,16+/m1/s1. The molecule has 2 N–H and O–H groups in total. The van der Waals surface area contributed by atoms with Crippen molar-refractivity contribution in [3.8, 4) is 0 Å². The van der Waals surface area contributed by atoms with Gasteiger partial charge in [0.25, 0.3) is 0 Å². The second-order valence-corrected chi connectivity index (χ2v) is 7.17. The molecule has 1 aliphatic rings. The van der Waals surface area contributed by atoms with Crippen LogP contribution in [0.2, 0.25) is 0 Å². The number of fused-ring (bicyclic) bond motifs is 1. The van der Waals surface area contributed by atoms with Crippen LogP contribution >= 0.6 is 0 Å². The van der Waals surface area contributed by atoms with E-state index >= 15 is 0 Å². The molecule has 0 bridgehead atoms. The molecule has 122 valence electrons. The lowest BCUT2D eigenvalue weighted by Gasteiger charge is -2.19. The van der Waals surface area contributed by atoms with Crippen molar-refractivity contribution in [3.63, 3.8) is 0 Å². The summed E-state index contributed by atoms with van der Waals surface area (Å²) >= 11 is 0. The van der Waals surface area contributed by atoms with Crippen LogP contribution in [0.25, 0.3) is 0 Å². The summed E-state index contributed by atoms with van der Waals surface area (Å²) in [4.78, 5) is 11.6. The fourth-order valence-electron chi connectivity index (χ4n) is 3.12. The summed E-state index contributed by atoms with van der Waals surface area (Å²) in [5.41, 5.74) is 3.24. The Morgan fingerprint density at radius 3 is 2.78 bits per heavy atom. The Morgan fingerprint density at radius 1 is 1.39 bits per heavy atom. The van der Waals surface area contributed by atoms with Crippen molar-refractivity contribution in [2.75, 3.05) is 0 Å². The van der Waals surface area contributed by atoms with Gasteiger partial charge in [-0.25, -0.2) is 0 Å². The van der Waals surface area contributed by atoms with Crippen LogP contribution in [0.3, 0.4) is 0 Å². The van der Waals surface area contributed by atoms with Crippen molar-refractivity contribution < 1.29 is 9.90 Å². The first-order chi connectivity index (χ1) is 10.9. The van der Waals surface area contributed by atoms with Gasteiger partial charge in [-0.15, -0.1) is 0 Å². The highest BCUT2D eigenvalue weighted by Gasteiger charge is 2.36. The maximum atomic E-state index is 11.6. The second-order valence-electron chi connectivity index (χ2n) is 7.17. The Kier molecular flexibility index (Phi) is 3.98. The number of aromatic nitrogens is 2. The van der Waals surface area contributed by atoms with Crippen molar-refractivity contribution >= 4 is 5.97 Å². The molecular weight excluding hydrogens is 290 g/mol. The highest BCUT2D eigenvalue weighted by atomic mass is 16.4. The number of benzene rings is 1. The Hall–Kier alpha value is -2.14. The molecule has 0 fully saturated rings. The quantitative estimate of drug-likeness (QED) is 0.911. The fourth-order valence-corrected chi connectivity index (χ4v) is 3.12. The fraction of sp³-hybridized carbons (Fsp3) is 0.444. The van der Waals surface area contributed by atoms with Crippen LogP contribution in [0.5, 0.6) is 0 Å². The molecular formula is C18H23N3O2. The molecule has 1 aromatic carbocycles. The van der Waals surface area contributed by atoms with Crippen LogP contribution in [-0.2, 0) is 23.3 Å². The molecule has 0 saturated heterocycles. The van der Waals surface area contributed by atoms with Gasteiger partial charge in [-0.05, 0) is 38.3 Å². The van der Waals surface area contributed by atoms with Crippen LogP contribution in [0, 0.1) is 5.92 Å². The van der Waals surface area contributed by atoms with E-state index in [9.17, 15) is 9.90 Å². The molecule has 0 spiro atoms. The average Bonchev–Trinajstić information content (AvgIpc) is 3.09. The smallest absolute Gasteiger partial charge is 0.308 e. The van der Waals surface area contributed by atoms with Crippen LogP contribution in [0.15, 0.2) is 36.7 Å². The molecule has 3 rings (SSSR count). The lowest BCUT2D eigenvalue weighted by atomic mass is 10.0. The Morgan fingerprint density at radius 2 is 2.13 bits per heavy atom. The van der Waals surface area contributed by atoms with Gasteiger partial charge in [-0.2, -0.15) is 5.10 Å². The highest BCUT2D eigenvalue weighted by Crippen LogP contribution is 2.36. The maximum absolute atomic E-state index is 11.6. The maximum Gasteiger partial charge on any atom is 0.308 e. The minimum Gasteiger partial charge on any atom is -0.481 e. The van der Waals surface area contributed by atoms with Gasteiger partial charge in [-0.3, -0.25) is 9.48 Å². The van der Waals surface area contributed by atoms with Crippen LogP contribution in [0.1, 0.15) is 43.5 Å². The van der Waals surface area contributed by atoms with E-state index < -0.39 is 11.9 Å². The molecule has 1 aromatic heterocycles. The van der Waals surface area contributed by atoms with E-state index in [0.29, 0.717) is 13.0 Å². The SMILES string of the molecule is CC(C)(C)n1cc(CN[C@H]2c3ccccc3C[C@H]2C(=O)O)cn1. The lowest BCUT2D eigenvalue weighted by molar-refractivity contribution is -0.142. The topological polar surface area (TPSA) is 67.2 Å². The van der Waals surface area contributed by atoms with Gasteiger partial charge in [0.15, 0.2) is 0 Å². The summed E-state index contributed by atoms with van der Waals surface area (Å²) in [6, 6.07) is 7.82. The van der Waals surface area contributed by atoms with Gasteiger partial charge >= 0.3 is 5.97 Å². The average molecular weight is 313 g/mol. The Labute approximate surface area is 136 Å². The van der Waals surface area contributed by atoms with E-state index in [1.54, 1.807) is 0 Å². The van der Waals surface area contributed by atoms with Crippen molar-refractivity contribution in [2.24, 2.45) is 5.92 Å². The number of carboxylic acid groups (broad SMARTS) is 1. The first kappa shape index (κ1) is 15.7. The third kappa shape index (κ3) is 3.15. The number of carbonyl (C=O) groups is 1. The summed E-state index contributed by atoms with van der Waals surface area (Å²) in [5.74, 6) is -1.16. The van der Waals surface area contributed by atoms with Crippen LogP contribution in [-0.4, -0.2) is 20.9 Å². The molecule has 0 aliphatic heterocycles. The minimum absolute atomic E-state index is 0.0538. The Balaban J connectivity index is 1.76. The van der Waals surface area contributed by atoms with Gasteiger partial charge in [0.1, 0.15) is 0 Å². The van der Waals surface area contributed by atoms with Crippen LogP contribution < -0.4 is 5.32 Å². The number of nitrogens with one attached hydrogen (secondary N) is 1. The molecule has 5 heteroatoms. The second kappa shape index (κ2) is 5.81. The molecule has 0 saturated carbocycles. The predicted molar refractivity (Wildman–Crippen MR) is 88.1 cm³/mol. The molecule has 1 aliphatic carbocycles. The number of aliphatic carboxylic acids is 1. The van der Waals surface area contributed by atoms with Crippen LogP contribution in [0.4, 0.5) is 0 Å². The van der Waals surface area contributed by atoms with Gasteiger partial charge in [0, 0.05) is 24.3 Å². The zero-order valence-corrected chi connectivity index (χ0v) is 13.8. The molecule has 2 atom stereocenters. The summed E-state index contributed by atoms with van der Waals surface area (Å²) in [7, 11) is 0. The zero-order valence-electron chi connectivity index (χ0n) is 13.8. The molecule has 5 nitrogen and oxygen atoms in total. The van der Waals surface area contributed by atoms with E-state index in [-0.39, 0.29) is 11.6 Å². The number of rotatable bonds is 4. The van der Waals surface area contributed by atoms with Gasteiger partial charge in [0.05, 0.1) is 17.7 Å². The first-order valence-electron chi connectivity index (χ1n) is 7.94. The van der Waals surface area contributed by atoms with Crippen molar-refractivity contribution in [3.05, 3.63) is 53.3 Å². The molecule has 2 aromatic rings. The normalized spacial score (nSPS) is 20.5. The minimum atomic E-state index is -0.746. The van der Waals surface area contributed by atoms with Crippen molar-refractivity contribution in [1.82, 2.24) is 15.1 Å². The van der Waals surface area contributed by atoms with E-state index in [0.717, 1.165) is 16.7 Å². The van der Waals surface area contributed by atoms with Gasteiger partial charge in [-0.1, -0.05) is 24.3 Å². The van der Waals surface area contributed by atoms with E-state index in [1.807, 2.05) is 41.3 Å². The van der Waals surface area contributed by atoms with E-state index in [1.165, 1.54) is 0 Å². The summed E-state index contributed by atoms with van der Waals surface area (Å²) in [6.45, 7) is 6.92. The predicted octanol–water partition coefficient (Wildman–Crippen LogP) is 2.73. The Bertz CT molecular complexity index is 715.